The van der Waals surface area contributed by atoms with Crippen LogP contribution in [0.4, 0.5) is 23.0 Å². The van der Waals surface area contributed by atoms with Gasteiger partial charge in [-0.25, -0.2) is 19.6 Å². The first-order chi connectivity index (χ1) is 13.0. The number of nitrogens with two attached hydrogens (primary N) is 2. The number of hydrogen-bond acceptors (Lipinski definition) is 9. The van der Waals surface area contributed by atoms with E-state index >= 15 is 0 Å². The second kappa shape index (κ2) is 6.80. The van der Waals surface area contributed by atoms with E-state index in [-0.39, 0.29) is 6.10 Å². The van der Waals surface area contributed by atoms with Crippen molar-refractivity contribution in [3.63, 3.8) is 0 Å². The van der Waals surface area contributed by atoms with Crippen molar-refractivity contribution in [3.8, 4) is 0 Å². The van der Waals surface area contributed by atoms with E-state index in [1.54, 1.807) is 29.2 Å². The summed E-state index contributed by atoms with van der Waals surface area (Å²) < 4.78 is 1.62. The smallest absolute Gasteiger partial charge is 0.183 e. The van der Waals surface area contributed by atoms with Gasteiger partial charge < -0.3 is 21.5 Å². The normalized spacial score (nSPS) is 20.7. The first-order valence-electron chi connectivity index (χ1n) is 8.77. The number of aliphatic hydroxyl groups excluding tert-OH is 1. The molecular weight excluding hydrogens is 346 g/mol. The van der Waals surface area contributed by atoms with Gasteiger partial charge in [0.05, 0.1) is 23.7 Å². The first-order valence-corrected chi connectivity index (χ1v) is 8.77. The molecule has 2 aromatic rings. The van der Waals surface area contributed by atoms with Crippen molar-refractivity contribution >= 4 is 34.9 Å². The minimum Gasteiger partial charge on any atom is -0.396 e. The van der Waals surface area contributed by atoms with E-state index in [1.165, 1.54) is 0 Å². The number of rotatable bonds is 3. The Morgan fingerprint density at radius 3 is 2.89 bits per heavy atom. The number of aliphatic imine (C=N–C) groups is 1. The molecule has 1 fully saturated rings. The maximum absolute atomic E-state index is 9.78. The molecule has 5 N–H and O–H groups in total. The van der Waals surface area contributed by atoms with E-state index in [0.717, 1.165) is 0 Å². The molecule has 4 heterocycles. The van der Waals surface area contributed by atoms with Gasteiger partial charge in [0.25, 0.3) is 0 Å². The Morgan fingerprint density at radius 1 is 1.30 bits per heavy atom. The highest BCUT2D eigenvalue weighted by Gasteiger charge is 2.24. The minimum absolute atomic E-state index is 0.343. The van der Waals surface area contributed by atoms with E-state index in [0.29, 0.717) is 66.1 Å². The largest absolute Gasteiger partial charge is 0.396 e. The quantitative estimate of drug-likeness (QED) is 0.691. The lowest BCUT2D eigenvalue weighted by atomic mass is 10.3. The summed E-state index contributed by atoms with van der Waals surface area (Å²) in [6.07, 6.45) is 3.69. The standard InChI is InChI=1S/C17H21N9O/c1-2-20-14-4-6-26-17(23-14)13(8-21-26)22-15-11(18)7-12(19)16(24-15)25-5-3-10(27)9-25/h4,6-8,10,27H,2-3,5,9,18-19H2,1H3. The molecule has 0 radical (unpaired) electrons. The number of pyridine rings is 1. The number of hydrogen-bond donors (Lipinski definition) is 3. The van der Waals surface area contributed by atoms with Crippen molar-refractivity contribution in [2.24, 2.45) is 15.1 Å². The number of aliphatic hydroxyl groups is 1. The van der Waals surface area contributed by atoms with Crippen molar-refractivity contribution < 1.29 is 5.11 Å². The molecule has 2 aromatic heterocycles. The molecule has 10 heteroatoms. The van der Waals surface area contributed by atoms with Crippen molar-refractivity contribution in [1.29, 1.82) is 0 Å². The molecule has 140 valence electrons. The van der Waals surface area contributed by atoms with Crippen LogP contribution in [0, 0.1) is 0 Å². The van der Waals surface area contributed by atoms with E-state index in [2.05, 4.69) is 25.1 Å². The van der Waals surface area contributed by atoms with Crippen LogP contribution >= 0.6 is 0 Å². The number of fused-ring (bicyclic) bond motifs is 1. The predicted octanol–water partition coefficient (Wildman–Crippen LogP) is -0.0976. The average molecular weight is 367 g/mol. The monoisotopic (exact) mass is 367 g/mol. The molecule has 4 rings (SSSR count). The molecular formula is C17H21N9O. The SMILES string of the molecule is CCN=c1ccn2c(n1)C(=Nc1nc(N3CCC(O)C3)c(N)cc1N)C=N2. The molecule has 2 aliphatic rings. The molecule has 0 aromatic carbocycles. The molecule has 0 amide bonds. The Labute approximate surface area is 155 Å². The maximum Gasteiger partial charge on any atom is 0.183 e. The summed E-state index contributed by atoms with van der Waals surface area (Å²) >= 11 is 0. The summed E-state index contributed by atoms with van der Waals surface area (Å²) in [5.41, 5.74) is 14.2. The first kappa shape index (κ1) is 17.2. The van der Waals surface area contributed by atoms with Crippen LogP contribution in [0.3, 0.4) is 0 Å². The second-order valence-corrected chi connectivity index (χ2v) is 6.37. The average Bonchev–Trinajstić information content (AvgIpc) is 3.24. The van der Waals surface area contributed by atoms with Crippen LogP contribution < -0.4 is 21.9 Å². The van der Waals surface area contributed by atoms with Gasteiger partial charge in [0.2, 0.25) is 0 Å². The van der Waals surface area contributed by atoms with Gasteiger partial charge in [-0.15, -0.1) is 0 Å². The third-order valence-electron chi connectivity index (χ3n) is 4.38. The molecule has 1 saturated heterocycles. The third kappa shape index (κ3) is 3.26. The summed E-state index contributed by atoms with van der Waals surface area (Å²) in [5, 5.41) is 14.0. The van der Waals surface area contributed by atoms with Crippen LogP contribution in [0.15, 0.2) is 33.4 Å². The van der Waals surface area contributed by atoms with Crippen LogP contribution in [0.2, 0.25) is 0 Å². The molecule has 0 saturated carbocycles. The lowest BCUT2D eigenvalue weighted by molar-refractivity contribution is 0.198. The van der Waals surface area contributed by atoms with Gasteiger partial charge in [-0.05, 0) is 19.4 Å². The Kier molecular flexibility index (Phi) is 4.32. The lowest BCUT2D eigenvalue weighted by Gasteiger charge is -2.19. The Morgan fingerprint density at radius 2 is 2.15 bits per heavy atom. The fourth-order valence-electron chi connectivity index (χ4n) is 3.09. The fraction of sp³-hybridized carbons (Fsp3) is 0.353. The van der Waals surface area contributed by atoms with E-state index < -0.39 is 0 Å². The van der Waals surface area contributed by atoms with E-state index in [9.17, 15) is 5.11 Å². The summed E-state index contributed by atoms with van der Waals surface area (Å²) in [6, 6.07) is 3.43. The highest BCUT2D eigenvalue weighted by molar-refractivity contribution is 6.39. The van der Waals surface area contributed by atoms with Gasteiger partial charge in [0, 0.05) is 31.9 Å². The minimum atomic E-state index is -0.381. The summed E-state index contributed by atoms with van der Waals surface area (Å²) in [5.74, 6) is 1.49. The van der Waals surface area contributed by atoms with Crippen molar-refractivity contribution in [2.75, 3.05) is 36.0 Å². The number of aromatic nitrogens is 3. The maximum atomic E-state index is 9.78. The summed E-state index contributed by atoms with van der Waals surface area (Å²) in [4.78, 5) is 19.8. The van der Waals surface area contributed by atoms with Gasteiger partial charge in [0.1, 0.15) is 5.71 Å². The Hall–Kier alpha value is -3.27. The zero-order valence-electron chi connectivity index (χ0n) is 14.9. The van der Waals surface area contributed by atoms with Crippen LogP contribution in [-0.4, -0.2) is 57.4 Å². The van der Waals surface area contributed by atoms with Gasteiger partial charge in [0.15, 0.2) is 22.9 Å². The summed E-state index contributed by atoms with van der Waals surface area (Å²) in [7, 11) is 0. The van der Waals surface area contributed by atoms with Gasteiger partial charge >= 0.3 is 0 Å². The predicted molar refractivity (Wildman–Crippen MR) is 104 cm³/mol. The highest BCUT2D eigenvalue weighted by atomic mass is 16.3. The lowest BCUT2D eigenvalue weighted by Crippen LogP contribution is -2.23. The van der Waals surface area contributed by atoms with Crippen LogP contribution in [0.1, 0.15) is 19.2 Å². The van der Waals surface area contributed by atoms with Gasteiger partial charge in [-0.2, -0.15) is 5.10 Å². The fourth-order valence-corrected chi connectivity index (χ4v) is 3.09. The Bertz CT molecular complexity index is 1010. The Balaban J connectivity index is 1.75. The molecule has 27 heavy (non-hydrogen) atoms. The zero-order valence-corrected chi connectivity index (χ0v) is 14.9. The molecule has 0 aliphatic carbocycles. The molecule has 0 spiro atoms. The zero-order chi connectivity index (χ0) is 19.0. The van der Waals surface area contributed by atoms with Crippen LogP contribution in [-0.2, 0) is 0 Å². The van der Waals surface area contributed by atoms with Crippen molar-refractivity contribution in [1.82, 2.24) is 14.6 Å². The third-order valence-corrected chi connectivity index (χ3v) is 4.38. The number of β-amino-alcohol motifs (C(OH)–C–C–N with tert-alkyl or cyclic N) is 1. The molecule has 0 bridgehead atoms. The van der Waals surface area contributed by atoms with Gasteiger partial charge in [-0.3, -0.25) is 4.99 Å². The topological polar surface area (TPSA) is 143 Å². The van der Waals surface area contributed by atoms with Crippen LogP contribution in [0.25, 0.3) is 0 Å². The van der Waals surface area contributed by atoms with E-state index in [4.69, 9.17) is 11.5 Å². The van der Waals surface area contributed by atoms with Crippen molar-refractivity contribution in [3.05, 3.63) is 29.6 Å². The van der Waals surface area contributed by atoms with E-state index in [1.807, 2.05) is 11.8 Å². The molecule has 10 nitrogen and oxygen atoms in total. The molecule has 1 atom stereocenters. The number of anilines is 3. The second-order valence-electron chi connectivity index (χ2n) is 6.37. The van der Waals surface area contributed by atoms with Crippen molar-refractivity contribution in [2.45, 2.75) is 19.4 Å². The van der Waals surface area contributed by atoms with Gasteiger partial charge in [-0.1, -0.05) is 0 Å². The summed E-state index contributed by atoms with van der Waals surface area (Å²) in [6.45, 7) is 3.76. The molecule has 2 aliphatic heterocycles. The number of nitrogens with zero attached hydrogens (tertiary/aromatic N) is 7. The highest BCUT2D eigenvalue weighted by Crippen LogP contribution is 2.32. The molecule has 1 unspecified atom stereocenters. The number of nitrogen functional groups attached to an aromatic ring is 2. The van der Waals surface area contributed by atoms with Crippen LogP contribution in [0.5, 0.6) is 0 Å².